The molecule has 0 aliphatic rings. The average Bonchev–Trinajstić information content (AvgIpc) is 2.93. The minimum Gasteiger partial charge on any atom is -0.348 e. The molecule has 194 valence electrons. The molecule has 38 heavy (non-hydrogen) atoms. The van der Waals surface area contributed by atoms with Gasteiger partial charge in [0.15, 0.2) is 0 Å². The SMILES string of the molecule is Cc1ccc(Cl)cc1N(CC(=O)Nc1ccccc1C(=O)NCc1cccnc1)S(=O)(=O)c1ccccc1. The van der Waals surface area contributed by atoms with Crippen molar-refractivity contribution in [1.82, 2.24) is 10.3 Å². The van der Waals surface area contributed by atoms with Crippen LogP contribution in [0.3, 0.4) is 0 Å². The maximum Gasteiger partial charge on any atom is 0.264 e. The fourth-order valence-corrected chi connectivity index (χ4v) is 5.43. The van der Waals surface area contributed by atoms with Crippen LogP contribution in [0.25, 0.3) is 0 Å². The largest absolute Gasteiger partial charge is 0.348 e. The molecule has 0 saturated heterocycles. The van der Waals surface area contributed by atoms with Crippen LogP contribution in [0.4, 0.5) is 11.4 Å². The number of sulfonamides is 1. The minimum atomic E-state index is -4.12. The summed E-state index contributed by atoms with van der Waals surface area (Å²) in [5, 5.41) is 5.83. The maximum atomic E-state index is 13.6. The Hall–Kier alpha value is -4.21. The standard InChI is InChI=1S/C28H25ClN4O4S/c1-20-13-14-22(29)16-26(20)33(38(36,37)23-9-3-2-4-10-23)19-27(34)32-25-12-6-5-11-24(25)28(35)31-18-21-8-7-15-30-17-21/h2-17H,18-19H2,1H3,(H,31,35)(H,32,34). The summed E-state index contributed by atoms with van der Waals surface area (Å²) in [5.74, 6) is -1.03. The van der Waals surface area contributed by atoms with Crippen LogP contribution in [0.5, 0.6) is 0 Å². The molecule has 2 N–H and O–H groups in total. The topological polar surface area (TPSA) is 108 Å². The van der Waals surface area contributed by atoms with E-state index < -0.39 is 28.4 Å². The highest BCUT2D eigenvalue weighted by molar-refractivity contribution is 7.92. The molecular formula is C28H25ClN4O4S. The van der Waals surface area contributed by atoms with E-state index in [1.165, 1.54) is 18.2 Å². The van der Waals surface area contributed by atoms with E-state index in [0.717, 1.165) is 9.87 Å². The Bertz CT molecular complexity index is 1550. The third-order valence-corrected chi connectivity index (χ3v) is 7.69. The molecule has 0 unspecified atom stereocenters. The van der Waals surface area contributed by atoms with E-state index in [-0.39, 0.29) is 28.4 Å². The van der Waals surface area contributed by atoms with Gasteiger partial charge in [-0.1, -0.05) is 54.1 Å². The first kappa shape index (κ1) is 26.8. The summed E-state index contributed by atoms with van der Waals surface area (Å²) in [6.07, 6.45) is 3.29. The van der Waals surface area contributed by atoms with Crippen LogP contribution in [0.2, 0.25) is 5.02 Å². The van der Waals surface area contributed by atoms with Crippen molar-refractivity contribution < 1.29 is 18.0 Å². The molecule has 0 radical (unpaired) electrons. The highest BCUT2D eigenvalue weighted by Crippen LogP contribution is 2.29. The molecule has 0 spiro atoms. The Kier molecular flexibility index (Phi) is 8.40. The number of hydrogen-bond acceptors (Lipinski definition) is 5. The number of carbonyl (C=O) groups excluding carboxylic acids is 2. The summed E-state index contributed by atoms with van der Waals surface area (Å²) in [7, 11) is -4.12. The van der Waals surface area contributed by atoms with Crippen molar-refractivity contribution in [3.05, 3.63) is 119 Å². The van der Waals surface area contributed by atoms with Crippen molar-refractivity contribution in [3.63, 3.8) is 0 Å². The highest BCUT2D eigenvalue weighted by Gasteiger charge is 2.29. The number of pyridine rings is 1. The van der Waals surface area contributed by atoms with Crippen molar-refractivity contribution in [1.29, 1.82) is 0 Å². The second-order valence-electron chi connectivity index (χ2n) is 8.39. The Labute approximate surface area is 226 Å². The van der Waals surface area contributed by atoms with Gasteiger partial charge in [0, 0.05) is 24.0 Å². The molecular weight excluding hydrogens is 524 g/mol. The summed E-state index contributed by atoms with van der Waals surface area (Å²) >= 11 is 6.18. The van der Waals surface area contributed by atoms with E-state index in [1.807, 2.05) is 6.07 Å². The van der Waals surface area contributed by atoms with Gasteiger partial charge in [0.25, 0.3) is 15.9 Å². The lowest BCUT2D eigenvalue weighted by molar-refractivity contribution is -0.114. The average molecular weight is 549 g/mol. The van der Waals surface area contributed by atoms with Crippen molar-refractivity contribution >= 4 is 44.8 Å². The summed E-state index contributed by atoms with van der Waals surface area (Å²) < 4.78 is 28.2. The Morgan fingerprint density at radius 2 is 1.68 bits per heavy atom. The van der Waals surface area contributed by atoms with Crippen LogP contribution >= 0.6 is 11.6 Å². The van der Waals surface area contributed by atoms with Crippen LogP contribution < -0.4 is 14.9 Å². The van der Waals surface area contributed by atoms with Crippen LogP contribution in [0.1, 0.15) is 21.5 Å². The summed E-state index contributed by atoms with van der Waals surface area (Å²) in [5.41, 5.74) is 2.21. The summed E-state index contributed by atoms with van der Waals surface area (Å²) in [4.78, 5) is 30.2. The van der Waals surface area contributed by atoms with Gasteiger partial charge in [-0.25, -0.2) is 8.42 Å². The minimum absolute atomic E-state index is 0.0300. The molecule has 1 heterocycles. The number of benzene rings is 3. The summed E-state index contributed by atoms with van der Waals surface area (Å²) in [6, 6.07) is 22.8. The fraction of sp³-hybridized carbons (Fsp3) is 0.107. The molecule has 0 aliphatic heterocycles. The molecule has 0 aliphatic carbocycles. The molecule has 8 nitrogen and oxygen atoms in total. The molecule has 0 atom stereocenters. The molecule has 10 heteroatoms. The van der Waals surface area contributed by atoms with Crippen LogP contribution in [-0.2, 0) is 21.4 Å². The number of nitrogens with one attached hydrogen (secondary N) is 2. The number of aryl methyl sites for hydroxylation is 1. The molecule has 0 fully saturated rings. The molecule has 2 amide bonds. The predicted molar refractivity (Wildman–Crippen MR) is 148 cm³/mol. The van der Waals surface area contributed by atoms with Gasteiger partial charge in [0.2, 0.25) is 5.91 Å². The number of rotatable bonds is 9. The number of nitrogens with zero attached hydrogens (tertiary/aromatic N) is 2. The Morgan fingerprint density at radius 3 is 2.42 bits per heavy atom. The van der Waals surface area contributed by atoms with E-state index in [1.54, 1.807) is 80.0 Å². The lowest BCUT2D eigenvalue weighted by atomic mass is 10.1. The quantitative estimate of drug-likeness (QED) is 0.312. The first-order chi connectivity index (χ1) is 18.3. The third kappa shape index (κ3) is 6.37. The van der Waals surface area contributed by atoms with Crippen molar-refractivity contribution in [2.24, 2.45) is 0 Å². The lowest BCUT2D eigenvalue weighted by Crippen LogP contribution is -2.39. The fourth-order valence-electron chi connectivity index (χ4n) is 3.76. The number of halogens is 1. The second-order valence-corrected chi connectivity index (χ2v) is 10.7. The Balaban J connectivity index is 1.59. The van der Waals surface area contributed by atoms with Gasteiger partial charge >= 0.3 is 0 Å². The highest BCUT2D eigenvalue weighted by atomic mass is 35.5. The predicted octanol–water partition coefficient (Wildman–Crippen LogP) is 4.81. The Morgan fingerprint density at radius 1 is 0.947 bits per heavy atom. The maximum absolute atomic E-state index is 13.6. The molecule has 4 rings (SSSR count). The van der Waals surface area contributed by atoms with E-state index >= 15 is 0 Å². The zero-order valence-electron chi connectivity index (χ0n) is 20.5. The van der Waals surface area contributed by atoms with Crippen molar-refractivity contribution in [2.45, 2.75) is 18.4 Å². The number of carbonyl (C=O) groups is 2. The molecule has 0 saturated carbocycles. The number of aromatic nitrogens is 1. The first-order valence-electron chi connectivity index (χ1n) is 11.7. The van der Waals surface area contributed by atoms with Crippen LogP contribution in [0.15, 0.2) is 102 Å². The monoisotopic (exact) mass is 548 g/mol. The number of hydrogen-bond donors (Lipinski definition) is 2. The van der Waals surface area contributed by atoms with Gasteiger partial charge in [-0.3, -0.25) is 18.9 Å². The zero-order chi connectivity index (χ0) is 27.1. The molecule has 0 bridgehead atoms. The van der Waals surface area contributed by atoms with Crippen molar-refractivity contribution in [2.75, 3.05) is 16.2 Å². The van der Waals surface area contributed by atoms with Crippen LogP contribution in [0, 0.1) is 6.92 Å². The second kappa shape index (κ2) is 11.9. The molecule has 1 aromatic heterocycles. The first-order valence-corrected chi connectivity index (χ1v) is 13.5. The third-order valence-electron chi connectivity index (χ3n) is 5.68. The van der Waals surface area contributed by atoms with E-state index in [9.17, 15) is 18.0 Å². The molecule has 4 aromatic rings. The number of para-hydroxylation sites is 1. The van der Waals surface area contributed by atoms with Gasteiger partial charge in [-0.15, -0.1) is 0 Å². The molecule has 3 aromatic carbocycles. The van der Waals surface area contributed by atoms with Gasteiger partial charge < -0.3 is 10.6 Å². The van der Waals surface area contributed by atoms with Gasteiger partial charge in [-0.2, -0.15) is 0 Å². The van der Waals surface area contributed by atoms with E-state index in [4.69, 9.17) is 11.6 Å². The van der Waals surface area contributed by atoms with Crippen molar-refractivity contribution in [3.8, 4) is 0 Å². The number of anilines is 2. The van der Waals surface area contributed by atoms with Gasteiger partial charge in [-0.05, 0) is 60.5 Å². The van der Waals surface area contributed by atoms with E-state index in [0.29, 0.717) is 10.6 Å². The van der Waals surface area contributed by atoms with Gasteiger partial charge in [0.1, 0.15) is 6.54 Å². The zero-order valence-corrected chi connectivity index (χ0v) is 22.0. The normalized spacial score (nSPS) is 11.0. The van der Waals surface area contributed by atoms with Gasteiger partial charge in [0.05, 0.1) is 21.8 Å². The lowest BCUT2D eigenvalue weighted by Gasteiger charge is -2.26. The van der Waals surface area contributed by atoms with Crippen LogP contribution in [-0.4, -0.2) is 31.8 Å². The summed E-state index contributed by atoms with van der Waals surface area (Å²) in [6.45, 7) is 1.45. The van der Waals surface area contributed by atoms with E-state index in [2.05, 4.69) is 15.6 Å². The smallest absolute Gasteiger partial charge is 0.264 e. The number of amides is 2.